The Kier molecular flexibility index (Phi) is 7.84. The molecule has 0 fully saturated rings. The fourth-order valence-electron chi connectivity index (χ4n) is 2.24. The molecule has 0 aliphatic rings. The molecule has 9 heteroatoms. The van der Waals surface area contributed by atoms with Gasteiger partial charge in [-0.25, -0.2) is 0 Å². The van der Waals surface area contributed by atoms with E-state index in [0.717, 1.165) is 0 Å². The molecule has 0 aliphatic carbocycles. The molecule has 0 saturated carbocycles. The number of benzene rings is 2. The van der Waals surface area contributed by atoms with E-state index in [-0.39, 0.29) is 11.4 Å². The molecule has 0 saturated heterocycles. The van der Waals surface area contributed by atoms with E-state index >= 15 is 0 Å². The molecular formula is C18H14Cl2N2O4S. The van der Waals surface area contributed by atoms with E-state index in [1.807, 2.05) is 0 Å². The zero-order valence-electron chi connectivity index (χ0n) is 13.9. The van der Waals surface area contributed by atoms with Crippen molar-refractivity contribution in [2.75, 3.05) is 11.5 Å². The van der Waals surface area contributed by atoms with Crippen molar-refractivity contribution in [1.82, 2.24) is 0 Å². The summed E-state index contributed by atoms with van der Waals surface area (Å²) in [7, 11) is 0. The Morgan fingerprint density at radius 2 is 1.22 bits per heavy atom. The van der Waals surface area contributed by atoms with Crippen molar-refractivity contribution in [3.8, 4) is 0 Å². The van der Waals surface area contributed by atoms with Crippen LogP contribution >= 0.6 is 35.0 Å². The highest BCUT2D eigenvalue weighted by atomic mass is 35.5. The summed E-state index contributed by atoms with van der Waals surface area (Å²) in [6.45, 7) is 0. The number of nitro groups is 2. The maximum atomic E-state index is 11.0. The molecule has 2 aromatic carbocycles. The Morgan fingerprint density at radius 3 is 1.59 bits per heavy atom. The summed E-state index contributed by atoms with van der Waals surface area (Å²) < 4.78 is 0. The van der Waals surface area contributed by atoms with Crippen molar-refractivity contribution < 1.29 is 9.85 Å². The fraction of sp³-hybridized carbons (Fsp3) is 0.111. The van der Waals surface area contributed by atoms with Crippen molar-refractivity contribution in [3.05, 3.63) is 90.0 Å². The third-order valence-electron chi connectivity index (χ3n) is 3.45. The number of rotatable bonds is 8. The smallest absolute Gasteiger partial charge is 0.258 e. The van der Waals surface area contributed by atoms with Gasteiger partial charge in [0, 0.05) is 23.6 Å². The first-order valence-corrected chi connectivity index (χ1v) is 9.59. The molecule has 0 spiro atoms. The number of thioether (sulfide) groups is 1. The summed E-state index contributed by atoms with van der Waals surface area (Å²) in [4.78, 5) is 21.1. The average molecular weight is 425 g/mol. The van der Waals surface area contributed by atoms with Gasteiger partial charge in [-0.3, -0.25) is 20.2 Å². The van der Waals surface area contributed by atoms with Crippen LogP contribution in [-0.2, 0) is 0 Å². The molecule has 2 aromatic rings. The predicted molar refractivity (Wildman–Crippen MR) is 112 cm³/mol. The predicted octanol–water partition coefficient (Wildman–Crippen LogP) is 6.27. The molecule has 0 bridgehead atoms. The average Bonchev–Trinajstić information content (AvgIpc) is 2.62. The maximum absolute atomic E-state index is 11.0. The quantitative estimate of drug-likeness (QED) is 0.283. The van der Waals surface area contributed by atoms with E-state index in [9.17, 15) is 20.2 Å². The molecule has 27 heavy (non-hydrogen) atoms. The summed E-state index contributed by atoms with van der Waals surface area (Å²) in [6, 6.07) is 9.06. The summed E-state index contributed by atoms with van der Waals surface area (Å²) in [6.07, 6.45) is 6.81. The van der Waals surface area contributed by atoms with Gasteiger partial charge >= 0.3 is 0 Å². The van der Waals surface area contributed by atoms with Gasteiger partial charge < -0.3 is 0 Å². The van der Waals surface area contributed by atoms with Gasteiger partial charge in [-0.2, -0.15) is 11.8 Å². The standard InChI is InChI=1S/C18H14Cl2N2O4S/c19-15-7-1-9-17(21(23)24)13(15)5-3-11-27-12-4-6-14-16(20)8-2-10-18(14)22(25)26/h1-10H,11-12H2. The zero-order chi connectivity index (χ0) is 19.8. The van der Waals surface area contributed by atoms with Crippen LogP contribution in [-0.4, -0.2) is 21.4 Å². The topological polar surface area (TPSA) is 86.3 Å². The van der Waals surface area contributed by atoms with E-state index in [1.165, 1.54) is 36.0 Å². The number of nitro benzene ring substituents is 2. The Morgan fingerprint density at radius 1 is 0.815 bits per heavy atom. The van der Waals surface area contributed by atoms with Gasteiger partial charge in [-0.15, -0.1) is 0 Å². The lowest BCUT2D eigenvalue weighted by Gasteiger charge is -2.00. The molecule has 0 radical (unpaired) electrons. The zero-order valence-corrected chi connectivity index (χ0v) is 16.2. The van der Waals surface area contributed by atoms with Crippen molar-refractivity contribution in [3.63, 3.8) is 0 Å². The molecule has 0 heterocycles. The van der Waals surface area contributed by atoms with Crippen LogP contribution in [0.4, 0.5) is 11.4 Å². The molecule has 140 valence electrons. The van der Waals surface area contributed by atoms with Crippen LogP contribution in [0.3, 0.4) is 0 Å². The molecule has 0 amide bonds. The van der Waals surface area contributed by atoms with E-state index in [1.54, 1.807) is 36.4 Å². The van der Waals surface area contributed by atoms with Crippen LogP contribution in [0.25, 0.3) is 12.2 Å². The highest BCUT2D eigenvalue weighted by Crippen LogP contribution is 2.28. The largest absolute Gasteiger partial charge is 0.278 e. The van der Waals surface area contributed by atoms with Crippen LogP contribution in [0.5, 0.6) is 0 Å². The van der Waals surface area contributed by atoms with Crippen LogP contribution in [0.1, 0.15) is 11.1 Å². The van der Waals surface area contributed by atoms with Gasteiger partial charge in [0.05, 0.1) is 31.0 Å². The number of hydrogen-bond acceptors (Lipinski definition) is 5. The minimum absolute atomic E-state index is 0.0466. The summed E-state index contributed by atoms with van der Waals surface area (Å²) in [5, 5.41) is 22.7. The van der Waals surface area contributed by atoms with E-state index in [0.29, 0.717) is 32.7 Å². The lowest BCUT2D eigenvalue weighted by Crippen LogP contribution is -1.92. The lowest BCUT2D eigenvalue weighted by atomic mass is 10.1. The van der Waals surface area contributed by atoms with E-state index in [4.69, 9.17) is 23.2 Å². The second-order valence-corrected chi connectivity index (χ2v) is 7.09. The SMILES string of the molecule is O=[N+]([O-])c1cccc(Cl)c1C=CCSCC=Cc1c(Cl)cccc1[N+](=O)[O-]. The van der Waals surface area contributed by atoms with Gasteiger partial charge in [0.15, 0.2) is 0 Å². The third kappa shape index (κ3) is 5.82. The van der Waals surface area contributed by atoms with Crippen molar-refractivity contribution in [2.24, 2.45) is 0 Å². The van der Waals surface area contributed by atoms with Gasteiger partial charge in [0.25, 0.3) is 11.4 Å². The van der Waals surface area contributed by atoms with Crippen LogP contribution in [0.15, 0.2) is 48.6 Å². The molecule has 0 aliphatic heterocycles. The first kappa shape index (κ1) is 21.0. The monoisotopic (exact) mass is 424 g/mol. The first-order valence-electron chi connectivity index (χ1n) is 7.68. The Balaban J connectivity index is 1.94. The molecule has 0 N–H and O–H groups in total. The Hall–Kier alpha value is -2.35. The second kappa shape index (κ2) is 10.1. The highest BCUT2D eigenvalue weighted by molar-refractivity contribution is 7.99. The highest BCUT2D eigenvalue weighted by Gasteiger charge is 2.14. The van der Waals surface area contributed by atoms with Gasteiger partial charge in [-0.05, 0) is 24.3 Å². The first-order chi connectivity index (χ1) is 12.9. The molecule has 0 atom stereocenters. The Labute approximate surface area is 169 Å². The van der Waals surface area contributed by atoms with E-state index < -0.39 is 9.85 Å². The summed E-state index contributed by atoms with van der Waals surface area (Å²) in [5.41, 5.74) is 0.642. The lowest BCUT2D eigenvalue weighted by molar-refractivity contribution is -0.385. The van der Waals surface area contributed by atoms with Crippen molar-refractivity contribution in [2.45, 2.75) is 0 Å². The van der Waals surface area contributed by atoms with Crippen LogP contribution in [0, 0.1) is 20.2 Å². The third-order valence-corrected chi connectivity index (χ3v) is 4.97. The fourth-order valence-corrected chi connectivity index (χ4v) is 3.30. The second-order valence-electron chi connectivity index (χ2n) is 5.20. The van der Waals surface area contributed by atoms with Crippen molar-refractivity contribution in [1.29, 1.82) is 0 Å². The molecule has 2 rings (SSSR count). The van der Waals surface area contributed by atoms with Crippen molar-refractivity contribution >= 4 is 58.5 Å². The van der Waals surface area contributed by atoms with Gasteiger partial charge in [-0.1, -0.05) is 47.5 Å². The molecule has 6 nitrogen and oxygen atoms in total. The molecular weight excluding hydrogens is 411 g/mol. The number of hydrogen-bond donors (Lipinski definition) is 0. The molecule has 0 aromatic heterocycles. The Bertz CT molecular complexity index is 843. The minimum atomic E-state index is -0.474. The van der Waals surface area contributed by atoms with Gasteiger partial charge in [0.1, 0.15) is 0 Å². The van der Waals surface area contributed by atoms with Crippen LogP contribution < -0.4 is 0 Å². The molecule has 0 unspecified atom stereocenters. The minimum Gasteiger partial charge on any atom is -0.258 e. The normalized spacial score (nSPS) is 11.3. The van der Waals surface area contributed by atoms with Gasteiger partial charge in [0.2, 0.25) is 0 Å². The number of nitrogens with zero attached hydrogens (tertiary/aromatic N) is 2. The van der Waals surface area contributed by atoms with Crippen LogP contribution in [0.2, 0.25) is 10.0 Å². The number of halogens is 2. The summed E-state index contributed by atoms with van der Waals surface area (Å²) >= 11 is 13.6. The van der Waals surface area contributed by atoms with E-state index in [2.05, 4.69) is 0 Å². The maximum Gasteiger partial charge on any atom is 0.278 e. The summed E-state index contributed by atoms with van der Waals surface area (Å²) in [5.74, 6) is 1.19.